The molecule has 0 aliphatic heterocycles. The summed E-state index contributed by atoms with van der Waals surface area (Å²) in [4.78, 5) is 0. The zero-order valence-corrected chi connectivity index (χ0v) is 14.4. The van der Waals surface area contributed by atoms with E-state index in [1.54, 1.807) is 7.11 Å². The van der Waals surface area contributed by atoms with Crippen LogP contribution in [0.2, 0.25) is 0 Å². The molecule has 3 aromatic carbocycles. The predicted molar refractivity (Wildman–Crippen MR) is 107 cm³/mol. The molecule has 0 saturated heterocycles. The molecule has 4 rings (SSSR count). The zero-order chi connectivity index (χ0) is 17.2. The average Bonchev–Trinajstić information content (AvgIpc) is 3.00. The van der Waals surface area contributed by atoms with Crippen molar-refractivity contribution in [2.24, 2.45) is 0 Å². The second kappa shape index (κ2) is 6.45. The Hall–Kier alpha value is -3.05. The fourth-order valence-electron chi connectivity index (χ4n) is 2.84. The lowest BCUT2D eigenvalue weighted by atomic mass is 10.1. The highest BCUT2D eigenvalue weighted by atomic mass is 32.1. The van der Waals surface area contributed by atoms with E-state index in [1.807, 2.05) is 60.7 Å². The van der Waals surface area contributed by atoms with Gasteiger partial charge in [-0.15, -0.1) is 0 Å². The summed E-state index contributed by atoms with van der Waals surface area (Å²) in [5.74, 6) is 0.739. The molecule has 1 aromatic heterocycles. The zero-order valence-electron chi connectivity index (χ0n) is 13.6. The van der Waals surface area contributed by atoms with Gasteiger partial charge in [0.25, 0.3) is 0 Å². The van der Waals surface area contributed by atoms with Crippen LogP contribution in [0.25, 0.3) is 21.9 Å². The number of benzene rings is 3. The van der Waals surface area contributed by atoms with Crippen molar-refractivity contribution in [3.8, 4) is 5.75 Å². The minimum absolute atomic E-state index is 0.497. The molecule has 0 amide bonds. The van der Waals surface area contributed by atoms with Gasteiger partial charge >= 0.3 is 0 Å². The van der Waals surface area contributed by atoms with Crippen molar-refractivity contribution in [2.45, 2.75) is 0 Å². The van der Waals surface area contributed by atoms with E-state index in [0.29, 0.717) is 5.11 Å². The molecule has 2 N–H and O–H groups in total. The Balaban J connectivity index is 1.59. The second-order valence-corrected chi connectivity index (χ2v) is 6.00. The number of fused-ring (bicyclic) bond motifs is 3. The smallest absolute Gasteiger partial charge is 0.175 e. The summed E-state index contributed by atoms with van der Waals surface area (Å²) in [5.41, 5.74) is 3.45. The molecule has 0 fully saturated rings. The molecule has 0 atom stereocenters. The topological polar surface area (TPSA) is 46.4 Å². The van der Waals surface area contributed by atoms with Crippen molar-refractivity contribution in [1.82, 2.24) is 0 Å². The molecule has 25 heavy (non-hydrogen) atoms. The van der Waals surface area contributed by atoms with Crippen molar-refractivity contribution in [3.05, 3.63) is 66.7 Å². The van der Waals surface area contributed by atoms with E-state index < -0.39 is 0 Å². The molecule has 4 aromatic rings. The molecular weight excluding hydrogens is 332 g/mol. The first-order valence-corrected chi connectivity index (χ1v) is 8.28. The lowest BCUT2D eigenvalue weighted by molar-refractivity contribution is 0.417. The Labute approximate surface area is 150 Å². The first-order chi connectivity index (χ1) is 12.2. The number of rotatable bonds is 3. The van der Waals surface area contributed by atoms with E-state index in [9.17, 15) is 0 Å². The SMILES string of the molecule is COc1ccccc1NC(=S)Nc1ccc2oc3ccccc3c2c1. The van der Waals surface area contributed by atoms with Gasteiger partial charge < -0.3 is 19.8 Å². The summed E-state index contributed by atoms with van der Waals surface area (Å²) in [6.07, 6.45) is 0. The quantitative estimate of drug-likeness (QED) is 0.485. The maximum atomic E-state index is 5.85. The van der Waals surface area contributed by atoms with E-state index in [1.165, 1.54) is 0 Å². The largest absolute Gasteiger partial charge is 0.495 e. The molecule has 1 heterocycles. The molecule has 0 spiro atoms. The van der Waals surface area contributed by atoms with Gasteiger partial charge in [-0.1, -0.05) is 30.3 Å². The highest BCUT2D eigenvalue weighted by molar-refractivity contribution is 7.80. The van der Waals surface area contributed by atoms with Crippen LogP contribution in [0.1, 0.15) is 0 Å². The normalized spacial score (nSPS) is 10.8. The molecule has 0 bridgehead atoms. The van der Waals surface area contributed by atoms with Gasteiger partial charge in [-0.25, -0.2) is 0 Å². The predicted octanol–water partition coefficient (Wildman–Crippen LogP) is 5.40. The Morgan fingerprint density at radius 3 is 2.52 bits per heavy atom. The van der Waals surface area contributed by atoms with Crippen molar-refractivity contribution in [2.75, 3.05) is 17.7 Å². The maximum absolute atomic E-state index is 5.85. The number of hydrogen-bond acceptors (Lipinski definition) is 3. The van der Waals surface area contributed by atoms with Crippen LogP contribution in [0.3, 0.4) is 0 Å². The number of thiocarbonyl (C=S) groups is 1. The van der Waals surface area contributed by atoms with Gasteiger partial charge in [0, 0.05) is 16.5 Å². The van der Waals surface area contributed by atoms with Crippen molar-refractivity contribution < 1.29 is 9.15 Å². The Morgan fingerprint density at radius 2 is 1.64 bits per heavy atom. The third-order valence-electron chi connectivity index (χ3n) is 3.99. The standard InChI is InChI=1S/C20H16N2O2S/c1-23-19-9-5-3-7-16(19)22-20(25)21-13-10-11-18-15(12-13)14-6-2-4-8-17(14)24-18/h2-12H,1H3,(H2,21,22,25). The van der Waals surface area contributed by atoms with Gasteiger partial charge in [-0.05, 0) is 48.6 Å². The van der Waals surface area contributed by atoms with Crippen molar-refractivity contribution >= 4 is 50.6 Å². The highest BCUT2D eigenvalue weighted by Crippen LogP contribution is 2.30. The van der Waals surface area contributed by atoms with Crippen LogP contribution in [-0.4, -0.2) is 12.2 Å². The van der Waals surface area contributed by atoms with E-state index in [4.69, 9.17) is 21.4 Å². The number of ether oxygens (including phenoxy) is 1. The van der Waals surface area contributed by atoms with Crippen molar-refractivity contribution in [1.29, 1.82) is 0 Å². The van der Waals surface area contributed by atoms with Gasteiger partial charge in [0.05, 0.1) is 12.8 Å². The Morgan fingerprint density at radius 1 is 0.880 bits per heavy atom. The van der Waals surface area contributed by atoms with E-state index in [0.717, 1.165) is 39.1 Å². The number of furan rings is 1. The first kappa shape index (κ1) is 15.5. The first-order valence-electron chi connectivity index (χ1n) is 7.87. The maximum Gasteiger partial charge on any atom is 0.175 e. The molecular formula is C20H16N2O2S. The van der Waals surface area contributed by atoms with Gasteiger partial charge in [0.2, 0.25) is 0 Å². The van der Waals surface area contributed by atoms with Crippen LogP contribution in [0, 0.1) is 0 Å². The lowest BCUT2D eigenvalue weighted by Gasteiger charge is -2.13. The van der Waals surface area contributed by atoms with Crippen molar-refractivity contribution in [3.63, 3.8) is 0 Å². The summed E-state index contributed by atoms with van der Waals surface area (Å²) < 4.78 is 11.2. The summed E-state index contributed by atoms with van der Waals surface area (Å²) in [5, 5.41) is 9.01. The molecule has 5 heteroatoms. The van der Waals surface area contributed by atoms with Gasteiger partial charge in [-0.3, -0.25) is 0 Å². The molecule has 0 aliphatic carbocycles. The minimum Gasteiger partial charge on any atom is -0.495 e. The Kier molecular flexibility index (Phi) is 3.99. The van der Waals surface area contributed by atoms with Gasteiger partial charge in [0.1, 0.15) is 16.9 Å². The number of nitrogens with one attached hydrogen (secondary N) is 2. The molecule has 4 nitrogen and oxygen atoms in total. The number of para-hydroxylation sites is 3. The summed E-state index contributed by atoms with van der Waals surface area (Å²) in [6, 6.07) is 21.6. The van der Waals surface area contributed by atoms with E-state index in [-0.39, 0.29) is 0 Å². The van der Waals surface area contributed by atoms with Crippen LogP contribution in [0.5, 0.6) is 5.75 Å². The van der Waals surface area contributed by atoms with Crippen LogP contribution < -0.4 is 15.4 Å². The fraction of sp³-hybridized carbons (Fsp3) is 0.0500. The average molecular weight is 348 g/mol. The third-order valence-corrected chi connectivity index (χ3v) is 4.19. The monoisotopic (exact) mass is 348 g/mol. The number of anilines is 2. The summed E-state index contributed by atoms with van der Waals surface area (Å²) >= 11 is 5.42. The van der Waals surface area contributed by atoms with Crippen LogP contribution in [0.4, 0.5) is 11.4 Å². The molecule has 0 unspecified atom stereocenters. The fourth-order valence-corrected chi connectivity index (χ4v) is 3.06. The van der Waals surface area contributed by atoms with Gasteiger partial charge in [0.15, 0.2) is 5.11 Å². The molecule has 0 saturated carbocycles. The number of methoxy groups -OCH3 is 1. The Bertz CT molecular complexity index is 1070. The summed E-state index contributed by atoms with van der Waals surface area (Å²) in [7, 11) is 1.63. The van der Waals surface area contributed by atoms with Crippen LogP contribution >= 0.6 is 12.2 Å². The molecule has 124 valence electrons. The van der Waals surface area contributed by atoms with E-state index >= 15 is 0 Å². The van der Waals surface area contributed by atoms with Gasteiger partial charge in [-0.2, -0.15) is 0 Å². The van der Waals surface area contributed by atoms with Crippen LogP contribution in [0.15, 0.2) is 71.1 Å². The molecule has 0 radical (unpaired) electrons. The minimum atomic E-state index is 0.497. The molecule has 0 aliphatic rings. The lowest BCUT2D eigenvalue weighted by Crippen LogP contribution is -2.19. The third kappa shape index (κ3) is 3.02. The number of hydrogen-bond donors (Lipinski definition) is 2. The van der Waals surface area contributed by atoms with Crippen LogP contribution in [-0.2, 0) is 0 Å². The highest BCUT2D eigenvalue weighted by Gasteiger charge is 2.08. The second-order valence-electron chi connectivity index (χ2n) is 5.59. The summed E-state index contributed by atoms with van der Waals surface area (Å²) in [6.45, 7) is 0. The van der Waals surface area contributed by atoms with E-state index in [2.05, 4.69) is 16.7 Å².